The van der Waals surface area contributed by atoms with Crippen molar-refractivity contribution in [3.63, 3.8) is 0 Å². The zero-order chi connectivity index (χ0) is 10.9. The van der Waals surface area contributed by atoms with E-state index in [2.05, 4.69) is 4.74 Å². The SMILES string of the molecule is Nc1cc(O)c(OC(F)(F)F)[nH]c1=O. The van der Waals surface area contributed by atoms with Gasteiger partial charge >= 0.3 is 6.36 Å². The van der Waals surface area contributed by atoms with Gasteiger partial charge in [0, 0.05) is 6.07 Å². The Labute approximate surface area is 74.9 Å². The molecular formula is C6H5F3N2O3. The van der Waals surface area contributed by atoms with Crippen LogP contribution in [0.25, 0.3) is 0 Å². The topological polar surface area (TPSA) is 88.3 Å². The van der Waals surface area contributed by atoms with E-state index in [1.54, 1.807) is 4.98 Å². The highest BCUT2D eigenvalue weighted by molar-refractivity contribution is 5.45. The summed E-state index contributed by atoms with van der Waals surface area (Å²) in [6.07, 6.45) is -4.99. The number of aromatic amines is 1. The van der Waals surface area contributed by atoms with Crippen LogP contribution in [-0.2, 0) is 0 Å². The van der Waals surface area contributed by atoms with Gasteiger partial charge in [-0.05, 0) is 0 Å². The first-order valence-corrected chi connectivity index (χ1v) is 3.27. The predicted octanol–water partition coefficient (Wildman–Crippen LogP) is 0.561. The van der Waals surface area contributed by atoms with E-state index >= 15 is 0 Å². The van der Waals surface area contributed by atoms with Crippen LogP contribution in [0.2, 0.25) is 0 Å². The summed E-state index contributed by atoms with van der Waals surface area (Å²) in [7, 11) is 0. The Morgan fingerprint density at radius 1 is 1.50 bits per heavy atom. The van der Waals surface area contributed by atoms with Gasteiger partial charge in [0.25, 0.3) is 5.56 Å². The average Bonchev–Trinajstić information content (AvgIpc) is 1.97. The van der Waals surface area contributed by atoms with Gasteiger partial charge in [-0.15, -0.1) is 13.2 Å². The number of aromatic hydroxyl groups is 1. The molecule has 0 aliphatic heterocycles. The van der Waals surface area contributed by atoms with Crippen LogP contribution in [0.5, 0.6) is 11.6 Å². The zero-order valence-corrected chi connectivity index (χ0v) is 6.55. The van der Waals surface area contributed by atoms with Crippen molar-refractivity contribution in [3.8, 4) is 11.6 Å². The van der Waals surface area contributed by atoms with Gasteiger partial charge in [-0.1, -0.05) is 0 Å². The van der Waals surface area contributed by atoms with Gasteiger partial charge in [-0.2, -0.15) is 0 Å². The first-order chi connectivity index (χ1) is 6.29. The number of nitrogen functional groups attached to an aromatic ring is 1. The second kappa shape index (κ2) is 3.13. The summed E-state index contributed by atoms with van der Waals surface area (Å²) >= 11 is 0. The summed E-state index contributed by atoms with van der Waals surface area (Å²) in [6, 6.07) is 0.667. The van der Waals surface area contributed by atoms with Crippen LogP contribution in [0, 0.1) is 0 Å². The predicted molar refractivity (Wildman–Crippen MR) is 39.8 cm³/mol. The molecule has 0 radical (unpaired) electrons. The number of ether oxygens (including phenoxy) is 1. The third-order valence-electron chi connectivity index (χ3n) is 1.23. The largest absolute Gasteiger partial charge is 0.574 e. The lowest BCUT2D eigenvalue weighted by Gasteiger charge is -2.09. The van der Waals surface area contributed by atoms with Gasteiger partial charge in [-0.25, -0.2) is 0 Å². The Morgan fingerprint density at radius 3 is 2.57 bits per heavy atom. The Hall–Kier alpha value is -1.86. The molecule has 78 valence electrons. The summed E-state index contributed by atoms with van der Waals surface area (Å²) in [5.41, 5.74) is 3.64. The van der Waals surface area contributed by atoms with Crippen molar-refractivity contribution in [1.82, 2.24) is 4.98 Å². The molecule has 0 bridgehead atoms. The molecule has 1 heterocycles. The molecule has 0 amide bonds. The Bertz CT molecular complexity index is 398. The van der Waals surface area contributed by atoms with Crippen LogP contribution >= 0.6 is 0 Å². The second-order valence-corrected chi connectivity index (χ2v) is 2.32. The van der Waals surface area contributed by atoms with Crippen molar-refractivity contribution < 1.29 is 23.0 Å². The Balaban J connectivity index is 3.11. The first kappa shape index (κ1) is 10.2. The third kappa shape index (κ3) is 2.31. The number of anilines is 1. The number of halogens is 3. The van der Waals surface area contributed by atoms with Crippen molar-refractivity contribution in [2.45, 2.75) is 6.36 Å². The van der Waals surface area contributed by atoms with Crippen molar-refractivity contribution in [2.24, 2.45) is 0 Å². The molecule has 0 fully saturated rings. The van der Waals surface area contributed by atoms with Crippen LogP contribution in [0.1, 0.15) is 0 Å². The lowest BCUT2D eigenvalue weighted by atomic mass is 10.4. The third-order valence-corrected chi connectivity index (χ3v) is 1.23. The minimum Gasteiger partial charge on any atom is -0.503 e. The minimum atomic E-state index is -4.99. The number of rotatable bonds is 1. The molecule has 0 aliphatic carbocycles. The highest BCUT2D eigenvalue weighted by Crippen LogP contribution is 2.28. The Morgan fingerprint density at radius 2 is 2.07 bits per heavy atom. The molecule has 1 rings (SSSR count). The quantitative estimate of drug-likeness (QED) is 0.631. The molecule has 1 aromatic heterocycles. The number of alkyl halides is 3. The molecule has 0 atom stereocenters. The van der Waals surface area contributed by atoms with Crippen molar-refractivity contribution in [2.75, 3.05) is 5.73 Å². The van der Waals surface area contributed by atoms with Gasteiger partial charge in [-0.3, -0.25) is 9.78 Å². The van der Waals surface area contributed by atoms with Gasteiger partial charge in [0.15, 0.2) is 5.75 Å². The van der Waals surface area contributed by atoms with Crippen LogP contribution in [0.4, 0.5) is 18.9 Å². The Kier molecular flexibility index (Phi) is 2.28. The standard InChI is InChI=1S/C6H5F3N2O3/c7-6(8,9)14-5-3(12)1-2(10)4(13)11-5/h1,12H,10H2,(H,11,13). The van der Waals surface area contributed by atoms with Gasteiger partial charge in [0.1, 0.15) is 5.69 Å². The fourth-order valence-corrected chi connectivity index (χ4v) is 0.711. The fraction of sp³-hybridized carbons (Fsp3) is 0.167. The van der Waals surface area contributed by atoms with Crippen LogP contribution in [0.15, 0.2) is 10.9 Å². The van der Waals surface area contributed by atoms with E-state index in [0.29, 0.717) is 6.07 Å². The van der Waals surface area contributed by atoms with Crippen molar-refractivity contribution >= 4 is 5.69 Å². The summed E-state index contributed by atoms with van der Waals surface area (Å²) in [6.45, 7) is 0. The number of aromatic nitrogens is 1. The second-order valence-electron chi connectivity index (χ2n) is 2.32. The molecule has 0 aliphatic rings. The summed E-state index contributed by atoms with van der Waals surface area (Å²) in [5, 5.41) is 8.90. The van der Waals surface area contributed by atoms with Crippen LogP contribution in [-0.4, -0.2) is 16.5 Å². The normalized spacial score (nSPS) is 11.4. The maximum Gasteiger partial charge on any atom is 0.574 e. The lowest BCUT2D eigenvalue weighted by Crippen LogP contribution is -2.21. The number of nitrogens with two attached hydrogens (primary N) is 1. The minimum absolute atomic E-state index is 0.406. The number of hydrogen-bond donors (Lipinski definition) is 3. The van der Waals surface area contributed by atoms with E-state index in [4.69, 9.17) is 10.8 Å². The van der Waals surface area contributed by atoms with Gasteiger partial charge in [0.05, 0.1) is 0 Å². The van der Waals surface area contributed by atoms with E-state index in [-0.39, 0.29) is 0 Å². The highest BCUT2D eigenvalue weighted by atomic mass is 19.4. The van der Waals surface area contributed by atoms with E-state index in [1.807, 2.05) is 0 Å². The monoisotopic (exact) mass is 210 g/mol. The highest BCUT2D eigenvalue weighted by Gasteiger charge is 2.33. The molecule has 0 unspecified atom stereocenters. The molecule has 4 N–H and O–H groups in total. The number of hydrogen-bond acceptors (Lipinski definition) is 4. The molecule has 0 saturated carbocycles. The lowest BCUT2D eigenvalue weighted by molar-refractivity contribution is -0.276. The maximum absolute atomic E-state index is 11.7. The average molecular weight is 210 g/mol. The van der Waals surface area contributed by atoms with Gasteiger partial charge in [0.2, 0.25) is 5.88 Å². The fourth-order valence-electron chi connectivity index (χ4n) is 0.711. The maximum atomic E-state index is 11.7. The molecule has 0 spiro atoms. The van der Waals surface area contributed by atoms with E-state index in [0.717, 1.165) is 0 Å². The molecule has 1 aromatic rings. The number of pyridine rings is 1. The summed E-state index contributed by atoms with van der Waals surface area (Å²) < 4.78 is 38.3. The molecule has 14 heavy (non-hydrogen) atoms. The molecule has 8 heteroatoms. The van der Waals surface area contributed by atoms with Crippen molar-refractivity contribution in [1.29, 1.82) is 0 Å². The van der Waals surface area contributed by atoms with Crippen LogP contribution < -0.4 is 16.0 Å². The molecule has 0 aromatic carbocycles. The molecule has 5 nitrogen and oxygen atoms in total. The zero-order valence-electron chi connectivity index (χ0n) is 6.55. The summed E-state index contributed by atoms with van der Waals surface area (Å²) in [4.78, 5) is 12.4. The van der Waals surface area contributed by atoms with Gasteiger partial charge < -0.3 is 15.6 Å². The van der Waals surface area contributed by atoms with Crippen LogP contribution in [0.3, 0.4) is 0 Å². The van der Waals surface area contributed by atoms with E-state index in [9.17, 15) is 18.0 Å². The number of H-pyrrole nitrogens is 1. The van der Waals surface area contributed by atoms with E-state index < -0.39 is 29.2 Å². The molecular weight excluding hydrogens is 205 g/mol. The smallest absolute Gasteiger partial charge is 0.503 e. The first-order valence-electron chi connectivity index (χ1n) is 3.27. The summed E-state index contributed by atoms with van der Waals surface area (Å²) in [5.74, 6) is -1.98. The van der Waals surface area contributed by atoms with Crippen molar-refractivity contribution in [3.05, 3.63) is 16.4 Å². The van der Waals surface area contributed by atoms with E-state index in [1.165, 1.54) is 0 Å². The number of nitrogens with one attached hydrogen (secondary N) is 1. The molecule has 0 saturated heterocycles.